The summed E-state index contributed by atoms with van der Waals surface area (Å²) < 4.78 is 11.5. The summed E-state index contributed by atoms with van der Waals surface area (Å²) in [5.74, 6) is -0.522. The summed E-state index contributed by atoms with van der Waals surface area (Å²) in [5, 5.41) is 44.0. The molecule has 11 N–H and O–H groups in total. The van der Waals surface area contributed by atoms with Crippen molar-refractivity contribution in [1.82, 2.24) is 5.32 Å². The first-order valence-corrected chi connectivity index (χ1v) is 9.85. The predicted octanol–water partition coefficient (Wildman–Crippen LogP) is -3.64. The molecule has 1 saturated carbocycles. The molecule has 1 aliphatic heterocycles. The molecule has 0 spiro atoms. The van der Waals surface area contributed by atoms with E-state index in [-0.39, 0.29) is 13.0 Å². The molecule has 0 bridgehead atoms. The number of benzene rings is 1. The largest absolute Gasteiger partial charge is 0.389 e. The number of carbonyl (C=O) groups excluding carboxylic acids is 1. The third-order valence-electron chi connectivity index (χ3n) is 5.65. The lowest BCUT2D eigenvalue weighted by molar-refractivity contribution is -0.290. The first-order valence-electron chi connectivity index (χ1n) is 9.85. The molecule has 3 rings (SSSR count). The van der Waals surface area contributed by atoms with E-state index in [4.69, 9.17) is 26.7 Å². The summed E-state index contributed by atoms with van der Waals surface area (Å²) in [5.41, 5.74) is 17.8. The lowest BCUT2D eigenvalue weighted by Crippen LogP contribution is -2.68. The van der Waals surface area contributed by atoms with Crippen molar-refractivity contribution < 1.29 is 34.7 Å². The van der Waals surface area contributed by atoms with Crippen molar-refractivity contribution in [2.24, 2.45) is 17.2 Å². The van der Waals surface area contributed by atoms with Gasteiger partial charge in [-0.05, 0) is 18.6 Å². The molecule has 0 aromatic heterocycles. The van der Waals surface area contributed by atoms with Gasteiger partial charge in [0.05, 0.1) is 6.10 Å². The number of aliphatic hydroxyl groups is 4. The predicted molar refractivity (Wildman–Crippen MR) is 105 cm³/mol. The van der Waals surface area contributed by atoms with E-state index in [0.29, 0.717) is 5.56 Å². The standard InChI is InChI=1S/C19H30N4O7/c20-7-11-14(25)15(26)12(23-18(28)8-4-2-1-3-5-8)19(29-11)30-17-10(22)6-9(21)13(24)16(17)27/h1-5,9-17,19,24-27H,6-7,20-22H2,(H,23,28)/t9-,10+,11-,12-,13-,14+,15-,16-,17+,19+/m0/s1. The zero-order valence-electron chi connectivity index (χ0n) is 16.3. The first kappa shape index (κ1) is 23.0. The smallest absolute Gasteiger partial charge is 0.251 e. The molecule has 11 heteroatoms. The maximum absolute atomic E-state index is 12.6. The third-order valence-corrected chi connectivity index (χ3v) is 5.65. The monoisotopic (exact) mass is 426 g/mol. The molecule has 2 aliphatic rings. The highest BCUT2D eigenvalue weighted by molar-refractivity contribution is 5.94. The van der Waals surface area contributed by atoms with Crippen LogP contribution in [-0.2, 0) is 9.47 Å². The Morgan fingerprint density at radius 1 is 1.03 bits per heavy atom. The van der Waals surface area contributed by atoms with E-state index in [1.165, 1.54) is 0 Å². The minimum atomic E-state index is -1.46. The molecule has 1 aliphatic carbocycles. The molecule has 30 heavy (non-hydrogen) atoms. The number of rotatable bonds is 5. The number of nitrogens with one attached hydrogen (secondary N) is 1. The fraction of sp³-hybridized carbons (Fsp3) is 0.632. The van der Waals surface area contributed by atoms with Gasteiger partial charge in [-0.3, -0.25) is 4.79 Å². The van der Waals surface area contributed by atoms with Crippen LogP contribution in [0.5, 0.6) is 0 Å². The molecule has 1 heterocycles. The van der Waals surface area contributed by atoms with Crippen LogP contribution in [0.25, 0.3) is 0 Å². The van der Waals surface area contributed by atoms with Gasteiger partial charge in [-0.25, -0.2) is 0 Å². The second-order valence-electron chi connectivity index (χ2n) is 7.77. The molecule has 1 saturated heterocycles. The van der Waals surface area contributed by atoms with Crippen LogP contribution in [0.3, 0.4) is 0 Å². The van der Waals surface area contributed by atoms with Crippen molar-refractivity contribution in [2.45, 2.75) is 67.5 Å². The van der Waals surface area contributed by atoms with E-state index in [2.05, 4.69) is 5.32 Å². The molecule has 1 amide bonds. The van der Waals surface area contributed by atoms with Gasteiger partial charge >= 0.3 is 0 Å². The van der Waals surface area contributed by atoms with E-state index in [9.17, 15) is 25.2 Å². The zero-order valence-corrected chi connectivity index (χ0v) is 16.3. The Morgan fingerprint density at radius 3 is 2.33 bits per heavy atom. The Kier molecular flexibility index (Phi) is 7.39. The minimum absolute atomic E-state index is 0.121. The molecule has 1 aromatic rings. The van der Waals surface area contributed by atoms with E-state index in [1.807, 2.05) is 0 Å². The van der Waals surface area contributed by atoms with Gasteiger partial charge in [-0.1, -0.05) is 18.2 Å². The summed E-state index contributed by atoms with van der Waals surface area (Å²) in [4.78, 5) is 12.6. The number of nitrogens with two attached hydrogens (primary N) is 3. The summed E-state index contributed by atoms with van der Waals surface area (Å²) in [7, 11) is 0. The van der Waals surface area contributed by atoms with Crippen molar-refractivity contribution in [1.29, 1.82) is 0 Å². The molecule has 0 unspecified atom stereocenters. The zero-order chi connectivity index (χ0) is 22.0. The SMILES string of the molecule is NC[C@@H]1O[C@H](O[C@H]2[C@@H](O)[C@@H](O)[C@@H](N)C[C@H]2N)[C@@H](NC(=O)c2ccccc2)[C@H](O)[C@@H]1O. The van der Waals surface area contributed by atoms with Crippen LogP contribution < -0.4 is 22.5 Å². The second-order valence-corrected chi connectivity index (χ2v) is 7.77. The molecule has 11 nitrogen and oxygen atoms in total. The highest BCUT2D eigenvalue weighted by Gasteiger charge is 2.49. The van der Waals surface area contributed by atoms with Gasteiger partial charge in [-0.2, -0.15) is 0 Å². The van der Waals surface area contributed by atoms with Crippen LogP contribution in [0, 0.1) is 0 Å². The van der Waals surface area contributed by atoms with Crippen LogP contribution in [-0.4, -0.2) is 93.9 Å². The maximum Gasteiger partial charge on any atom is 0.251 e. The Labute approximate surface area is 173 Å². The van der Waals surface area contributed by atoms with E-state index < -0.39 is 66.9 Å². The maximum atomic E-state index is 12.6. The van der Waals surface area contributed by atoms with E-state index in [1.54, 1.807) is 30.3 Å². The van der Waals surface area contributed by atoms with Crippen LogP contribution >= 0.6 is 0 Å². The van der Waals surface area contributed by atoms with Gasteiger partial charge in [0, 0.05) is 24.2 Å². The van der Waals surface area contributed by atoms with Crippen LogP contribution in [0.15, 0.2) is 30.3 Å². The van der Waals surface area contributed by atoms with Crippen molar-refractivity contribution in [3.63, 3.8) is 0 Å². The molecule has 10 atom stereocenters. The van der Waals surface area contributed by atoms with E-state index >= 15 is 0 Å². The lowest BCUT2D eigenvalue weighted by Gasteiger charge is -2.46. The van der Waals surface area contributed by atoms with Crippen molar-refractivity contribution in [3.05, 3.63) is 35.9 Å². The van der Waals surface area contributed by atoms with Gasteiger partial charge in [-0.15, -0.1) is 0 Å². The fourth-order valence-electron chi connectivity index (χ4n) is 3.85. The number of amides is 1. The molecular formula is C19H30N4O7. The average molecular weight is 426 g/mol. The van der Waals surface area contributed by atoms with Crippen molar-refractivity contribution >= 4 is 5.91 Å². The topological polar surface area (TPSA) is 207 Å². The normalized spacial score (nSPS) is 42.0. The molecular weight excluding hydrogens is 396 g/mol. The number of hydrogen-bond donors (Lipinski definition) is 8. The fourth-order valence-corrected chi connectivity index (χ4v) is 3.85. The van der Waals surface area contributed by atoms with Gasteiger partial charge < -0.3 is 52.4 Å². The van der Waals surface area contributed by atoms with Gasteiger partial charge in [0.15, 0.2) is 6.29 Å². The van der Waals surface area contributed by atoms with E-state index in [0.717, 1.165) is 0 Å². The Bertz CT molecular complexity index is 711. The number of carbonyl (C=O) groups is 1. The molecule has 168 valence electrons. The summed E-state index contributed by atoms with van der Waals surface area (Å²) in [6.07, 6.45) is -8.68. The third kappa shape index (κ3) is 4.64. The average Bonchev–Trinajstić information content (AvgIpc) is 2.74. The number of aliphatic hydroxyl groups excluding tert-OH is 4. The molecule has 1 aromatic carbocycles. The molecule has 0 radical (unpaired) electrons. The summed E-state index contributed by atoms with van der Waals surface area (Å²) >= 11 is 0. The molecule has 2 fully saturated rings. The van der Waals surface area contributed by atoms with Crippen LogP contribution in [0.4, 0.5) is 0 Å². The Balaban J connectivity index is 1.81. The first-order chi connectivity index (χ1) is 14.2. The highest BCUT2D eigenvalue weighted by Crippen LogP contribution is 2.28. The number of hydrogen-bond acceptors (Lipinski definition) is 10. The van der Waals surface area contributed by atoms with Crippen LogP contribution in [0.2, 0.25) is 0 Å². The van der Waals surface area contributed by atoms with Gasteiger partial charge in [0.2, 0.25) is 0 Å². The van der Waals surface area contributed by atoms with Crippen molar-refractivity contribution in [2.75, 3.05) is 6.54 Å². The lowest BCUT2D eigenvalue weighted by atomic mass is 9.84. The highest BCUT2D eigenvalue weighted by atomic mass is 16.7. The quantitative estimate of drug-likeness (QED) is 0.232. The van der Waals surface area contributed by atoms with Gasteiger partial charge in [0.25, 0.3) is 5.91 Å². The summed E-state index contributed by atoms with van der Waals surface area (Å²) in [6.45, 7) is -0.121. The summed E-state index contributed by atoms with van der Waals surface area (Å²) in [6, 6.07) is 5.63. The Hall–Kier alpha value is -1.67. The van der Waals surface area contributed by atoms with Crippen molar-refractivity contribution in [3.8, 4) is 0 Å². The number of ether oxygens (including phenoxy) is 2. The van der Waals surface area contributed by atoms with Crippen LogP contribution in [0.1, 0.15) is 16.8 Å². The van der Waals surface area contributed by atoms with Gasteiger partial charge in [0.1, 0.15) is 36.6 Å². The second kappa shape index (κ2) is 9.64. The minimum Gasteiger partial charge on any atom is -0.389 e. The Morgan fingerprint density at radius 2 is 1.70 bits per heavy atom.